The predicted molar refractivity (Wildman–Crippen MR) is 84.5 cm³/mol. The minimum atomic E-state index is 0.649. The van der Waals surface area contributed by atoms with E-state index in [-0.39, 0.29) is 0 Å². The van der Waals surface area contributed by atoms with Crippen LogP contribution in [-0.2, 0) is 0 Å². The number of allylic oxidation sites excluding steroid dienone is 2. The molecule has 108 valence electrons. The van der Waals surface area contributed by atoms with Gasteiger partial charge in [0.05, 0.1) is 12.7 Å². The second kappa shape index (κ2) is 6.60. The number of nitrogens with one attached hydrogen (secondary N) is 1. The van der Waals surface area contributed by atoms with Gasteiger partial charge in [-0.25, -0.2) is 4.98 Å². The van der Waals surface area contributed by atoms with Crippen molar-refractivity contribution >= 4 is 11.3 Å². The Labute approximate surface area is 121 Å². The minimum absolute atomic E-state index is 0.649. The third kappa shape index (κ3) is 3.21. The molecule has 0 aromatic carbocycles. The van der Waals surface area contributed by atoms with Crippen LogP contribution in [0.15, 0.2) is 24.9 Å². The number of methoxy groups -OCH3 is 1. The molecule has 0 aliphatic heterocycles. The van der Waals surface area contributed by atoms with Crippen LogP contribution in [-0.4, -0.2) is 18.6 Å². The van der Waals surface area contributed by atoms with Crippen molar-refractivity contribution in [3.8, 4) is 5.88 Å². The normalized spacial score (nSPS) is 15.1. The van der Waals surface area contributed by atoms with E-state index in [9.17, 15) is 0 Å². The molecule has 0 radical (unpaired) electrons. The predicted octanol–water partition coefficient (Wildman–Crippen LogP) is 3.87. The highest BCUT2D eigenvalue weighted by Gasteiger charge is 2.26. The van der Waals surface area contributed by atoms with Gasteiger partial charge in [0, 0.05) is 18.4 Å². The van der Waals surface area contributed by atoms with Crippen LogP contribution in [0, 0.1) is 5.92 Å². The van der Waals surface area contributed by atoms with E-state index in [0.717, 1.165) is 29.8 Å². The average molecular weight is 272 g/mol. The molecule has 0 unspecified atom stereocenters. The third-order valence-corrected chi connectivity index (χ3v) is 3.55. The number of hydrogen-bond acceptors (Lipinski definition) is 3. The van der Waals surface area contributed by atoms with E-state index in [1.54, 1.807) is 7.11 Å². The highest BCUT2D eigenvalue weighted by Crippen LogP contribution is 2.41. The fraction of sp³-hybridized carbons (Fsp3) is 0.471. The maximum Gasteiger partial charge on any atom is 0.222 e. The van der Waals surface area contributed by atoms with Crippen molar-refractivity contribution in [1.29, 1.82) is 0 Å². The van der Waals surface area contributed by atoms with Crippen molar-refractivity contribution in [2.75, 3.05) is 13.7 Å². The second-order valence-corrected chi connectivity index (χ2v) is 5.14. The molecule has 0 bridgehead atoms. The van der Waals surface area contributed by atoms with Crippen LogP contribution in [0.25, 0.3) is 11.3 Å². The Morgan fingerprint density at radius 1 is 1.50 bits per heavy atom. The number of pyridine rings is 1. The molecule has 1 heterocycles. The fourth-order valence-corrected chi connectivity index (χ4v) is 2.32. The van der Waals surface area contributed by atoms with Crippen LogP contribution >= 0.6 is 0 Å². The van der Waals surface area contributed by atoms with Gasteiger partial charge in [0.2, 0.25) is 5.88 Å². The Bertz CT molecular complexity index is 516. The number of hydrogen-bond donors (Lipinski definition) is 1. The summed E-state index contributed by atoms with van der Waals surface area (Å²) in [5.41, 5.74) is 4.44. The third-order valence-electron chi connectivity index (χ3n) is 3.55. The van der Waals surface area contributed by atoms with E-state index in [1.807, 2.05) is 6.20 Å². The number of nitrogens with zero attached hydrogens (tertiary/aromatic N) is 1. The van der Waals surface area contributed by atoms with Gasteiger partial charge in [-0.2, -0.15) is 0 Å². The first kappa shape index (κ1) is 14.6. The topological polar surface area (TPSA) is 34.1 Å². The van der Waals surface area contributed by atoms with Gasteiger partial charge in [-0.15, -0.1) is 0 Å². The lowest BCUT2D eigenvalue weighted by atomic mass is 10.0. The first-order valence-corrected chi connectivity index (χ1v) is 7.38. The molecule has 0 amide bonds. The van der Waals surface area contributed by atoms with Gasteiger partial charge in [0.1, 0.15) is 0 Å². The van der Waals surface area contributed by atoms with Crippen molar-refractivity contribution in [2.24, 2.45) is 5.92 Å². The zero-order chi connectivity index (χ0) is 14.5. The molecule has 1 aromatic rings. The van der Waals surface area contributed by atoms with Crippen LogP contribution in [0.5, 0.6) is 5.88 Å². The molecule has 3 nitrogen and oxygen atoms in total. The maximum absolute atomic E-state index is 5.41. The van der Waals surface area contributed by atoms with Gasteiger partial charge < -0.3 is 10.1 Å². The molecule has 1 fully saturated rings. The maximum atomic E-state index is 5.41. The molecule has 0 atom stereocenters. The van der Waals surface area contributed by atoms with Gasteiger partial charge in [0.25, 0.3) is 0 Å². The Balaban J connectivity index is 2.39. The van der Waals surface area contributed by atoms with Crippen molar-refractivity contribution in [3.05, 3.63) is 36.0 Å². The van der Waals surface area contributed by atoms with E-state index < -0.39 is 0 Å². The summed E-state index contributed by atoms with van der Waals surface area (Å²) in [6.07, 6.45) is 7.53. The molecule has 2 rings (SSSR count). The van der Waals surface area contributed by atoms with Crippen LogP contribution in [0.4, 0.5) is 0 Å². The molecule has 1 saturated carbocycles. The van der Waals surface area contributed by atoms with Crippen LogP contribution in [0.1, 0.15) is 44.2 Å². The molecule has 1 aliphatic rings. The van der Waals surface area contributed by atoms with Crippen LogP contribution < -0.4 is 10.1 Å². The molecular weight excluding hydrogens is 248 g/mol. The zero-order valence-corrected chi connectivity index (χ0v) is 12.7. The highest BCUT2D eigenvalue weighted by atomic mass is 16.5. The van der Waals surface area contributed by atoms with Crippen molar-refractivity contribution in [1.82, 2.24) is 10.3 Å². The molecule has 0 saturated heterocycles. The molecule has 20 heavy (non-hydrogen) atoms. The summed E-state index contributed by atoms with van der Waals surface area (Å²) < 4.78 is 5.41. The fourth-order valence-electron chi connectivity index (χ4n) is 2.32. The number of aromatic nitrogens is 1. The monoisotopic (exact) mass is 272 g/mol. The Hall–Kier alpha value is -1.77. The summed E-state index contributed by atoms with van der Waals surface area (Å²) >= 11 is 0. The van der Waals surface area contributed by atoms with E-state index in [1.165, 1.54) is 18.4 Å². The van der Waals surface area contributed by atoms with E-state index in [4.69, 9.17) is 4.74 Å². The summed E-state index contributed by atoms with van der Waals surface area (Å²) in [4.78, 5) is 4.45. The van der Waals surface area contributed by atoms with E-state index >= 15 is 0 Å². The summed E-state index contributed by atoms with van der Waals surface area (Å²) in [5.74, 6) is 1.31. The van der Waals surface area contributed by atoms with Crippen molar-refractivity contribution in [2.45, 2.75) is 33.1 Å². The van der Waals surface area contributed by atoms with Gasteiger partial charge >= 0.3 is 0 Å². The summed E-state index contributed by atoms with van der Waals surface area (Å²) in [7, 11) is 1.66. The van der Waals surface area contributed by atoms with Gasteiger partial charge in [-0.05, 0) is 49.3 Å². The van der Waals surface area contributed by atoms with Crippen molar-refractivity contribution < 1.29 is 4.74 Å². The van der Waals surface area contributed by atoms with Gasteiger partial charge in [-0.3, -0.25) is 0 Å². The van der Waals surface area contributed by atoms with E-state index in [0.29, 0.717) is 11.8 Å². The lowest BCUT2D eigenvalue weighted by Gasteiger charge is -2.15. The Kier molecular flexibility index (Phi) is 4.83. The SMILES string of the molecule is C=C(c1cnc(OC)c(/C(=C/CC)NCC)c1)C1CC1. The summed E-state index contributed by atoms with van der Waals surface area (Å²) in [6, 6.07) is 2.15. The summed E-state index contributed by atoms with van der Waals surface area (Å²) in [5, 5.41) is 3.40. The quantitative estimate of drug-likeness (QED) is 0.818. The molecule has 0 spiro atoms. The molecule has 3 heteroatoms. The first-order chi connectivity index (χ1) is 9.71. The average Bonchev–Trinajstić information content (AvgIpc) is 3.30. The summed E-state index contributed by atoms with van der Waals surface area (Å²) in [6.45, 7) is 9.31. The Morgan fingerprint density at radius 3 is 2.80 bits per heavy atom. The number of rotatable bonds is 7. The molecular formula is C17H24N2O. The first-order valence-electron chi connectivity index (χ1n) is 7.38. The number of ether oxygens (including phenoxy) is 1. The Morgan fingerprint density at radius 2 is 2.25 bits per heavy atom. The largest absolute Gasteiger partial charge is 0.481 e. The van der Waals surface area contributed by atoms with Gasteiger partial charge in [-0.1, -0.05) is 19.6 Å². The molecule has 1 aliphatic carbocycles. The smallest absolute Gasteiger partial charge is 0.222 e. The van der Waals surface area contributed by atoms with E-state index in [2.05, 4.69) is 42.9 Å². The van der Waals surface area contributed by atoms with Crippen molar-refractivity contribution in [3.63, 3.8) is 0 Å². The standard InChI is InChI=1S/C17H24N2O/c1-5-7-16(18-6-2)15-10-14(11-19-17(15)20-4)12(3)13-8-9-13/h7,10-11,13,18H,3,5-6,8-9H2,1-2,4H3/b16-7-. The zero-order valence-electron chi connectivity index (χ0n) is 12.7. The molecule has 1 aromatic heterocycles. The van der Waals surface area contributed by atoms with Crippen LogP contribution in [0.2, 0.25) is 0 Å². The second-order valence-electron chi connectivity index (χ2n) is 5.14. The van der Waals surface area contributed by atoms with Crippen LogP contribution in [0.3, 0.4) is 0 Å². The highest BCUT2D eigenvalue weighted by molar-refractivity contribution is 5.74. The minimum Gasteiger partial charge on any atom is -0.481 e. The lowest BCUT2D eigenvalue weighted by molar-refractivity contribution is 0.396. The van der Waals surface area contributed by atoms with Gasteiger partial charge in [0.15, 0.2) is 0 Å². The molecule has 1 N–H and O–H groups in total. The lowest BCUT2D eigenvalue weighted by Crippen LogP contribution is -2.12.